The Morgan fingerprint density at radius 3 is 2.60 bits per heavy atom. The summed E-state index contributed by atoms with van der Waals surface area (Å²) in [4.78, 5) is 13.0. The normalized spacial score (nSPS) is 21.1. The molecule has 0 fully saturated rings. The van der Waals surface area contributed by atoms with Crippen LogP contribution >= 0.6 is 0 Å². The second-order valence-corrected chi connectivity index (χ2v) is 4.83. The summed E-state index contributed by atoms with van der Waals surface area (Å²) in [6.07, 6.45) is 5.47. The Morgan fingerprint density at radius 2 is 2.20 bits per heavy atom. The Morgan fingerprint density at radius 1 is 1.53 bits per heavy atom. The predicted octanol–water partition coefficient (Wildman–Crippen LogP) is 2.60. The molecule has 0 bridgehead atoms. The SMILES string of the molecule is CC(C)C1CC=C(NC(=O)N(C)C)CC1. The second-order valence-electron chi connectivity index (χ2n) is 4.83. The van der Waals surface area contributed by atoms with Crippen LogP contribution in [0.5, 0.6) is 0 Å². The lowest BCUT2D eigenvalue weighted by Crippen LogP contribution is -2.34. The molecule has 2 amide bonds. The van der Waals surface area contributed by atoms with Gasteiger partial charge >= 0.3 is 6.03 Å². The molecule has 1 aliphatic carbocycles. The maximum atomic E-state index is 11.4. The van der Waals surface area contributed by atoms with Crippen molar-refractivity contribution in [3.8, 4) is 0 Å². The van der Waals surface area contributed by atoms with Crippen molar-refractivity contribution in [2.24, 2.45) is 11.8 Å². The van der Waals surface area contributed by atoms with Crippen molar-refractivity contribution >= 4 is 6.03 Å². The highest BCUT2D eigenvalue weighted by atomic mass is 16.2. The number of carbonyl (C=O) groups is 1. The molecule has 1 unspecified atom stereocenters. The number of amides is 2. The minimum atomic E-state index is -0.0238. The van der Waals surface area contributed by atoms with Crippen molar-refractivity contribution in [2.75, 3.05) is 14.1 Å². The summed E-state index contributed by atoms with van der Waals surface area (Å²) in [6, 6.07) is -0.0238. The molecule has 0 saturated heterocycles. The van der Waals surface area contributed by atoms with Gasteiger partial charge in [-0.25, -0.2) is 4.79 Å². The van der Waals surface area contributed by atoms with Gasteiger partial charge in [0.05, 0.1) is 0 Å². The quantitative estimate of drug-likeness (QED) is 0.746. The summed E-state index contributed by atoms with van der Waals surface area (Å²) in [6.45, 7) is 4.53. The predicted molar refractivity (Wildman–Crippen MR) is 62.5 cm³/mol. The van der Waals surface area contributed by atoms with E-state index in [0.717, 1.165) is 30.4 Å². The largest absolute Gasteiger partial charge is 0.331 e. The fraction of sp³-hybridized carbons (Fsp3) is 0.750. The van der Waals surface area contributed by atoms with Crippen LogP contribution in [0.4, 0.5) is 4.79 Å². The molecule has 0 radical (unpaired) electrons. The van der Waals surface area contributed by atoms with Gasteiger partial charge in [-0.15, -0.1) is 0 Å². The monoisotopic (exact) mass is 210 g/mol. The minimum absolute atomic E-state index is 0.0238. The van der Waals surface area contributed by atoms with Crippen molar-refractivity contribution < 1.29 is 4.79 Å². The highest BCUT2D eigenvalue weighted by Crippen LogP contribution is 2.27. The van der Waals surface area contributed by atoms with Crippen LogP contribution in [0.2, 0.25) is 0 Å². The van der Waals surface area contributed by atoms with E-state index < -0.39 is 0 Å². The number of hydrogen-bond donors (Lipinski definition) is 1. The molecule has 1 aliphatic rings. The molecule has 0 aliphatic heterocycles. The number of nitrogens with zero attached hydrogens (tertiary/aromatic N) is 1. The number of hydrogen-bond acceptors (Lipinski definition) is 1. The first-order chi connectivity index (χ1) is 7.00. The Balaban J connectivity index is 2.44. The smallest absolute Gasteiger partial charge is 0.321 e. The molecule has 0 spiro atoms. The highest BCUT2D eigenvalue weighted by molar-refractivity contribution is 5.75. The van der Waals surface area contributed by atoms with Gasteiger partial charge in [-0.05, 0) is 31.1 Å². The van der Waals surface area contributed by atoms with Crippen LogP contribution < -0.4 is 5.32 Å². The molecule has 1 N–H and O–H groups in total. The third-order valence-corrected chi connectivity index (χ3v) is 3.07. The van der Waals surface area contributed by atoms with Crippen molar-refractivity contribution in [1.29, 1.82) is 0 Å². The molecule has 15 heavy (non-hydrogen) atoms. The van der Waals surface area contributed by atoms with Crippen molar-refractivity contribution in [1.82, 2.24) is 10.2 Å². The summed E-state index contributed by atoms with van der Waals surface area (Å²) >= 11 is 0. The Labute approximate surface area is 92.5 Å². The summed E-state index contributed by atoms with van der Waals surface area (Å²) in [5.41, 5.74) is 1.09. The molecule has 1 rings (SSSR count). The second kappa shape index (κ2) is 5.19. The summed E-state index contributed by atoms with van der Waals surface area (Å²) in [5, 5.41) is 2.93. The fourth-order valence-electron chi connectivity index (χ4n) is 1.82. The molecule has 0 heterocycles. The molecule has 0 aromatic heterocycles. The molecule has 1 atom stereocenters. The van der Waals surface area contributed by atoms with Gasteiger partial charge in [0, 0.05) is 19.8 Å². The van der Waals surface area contributed by atoms with Gasteiger partial charge in [-0.1, -0.05) is 19.9 Å². The van der Waals surface area contributed by atoms with E-state index in [4.69, 9.17) is 0 Å². The van der Waals surface area contributed by atoms with E-state index in [9.17, 15) is 4.79 Å². The molecule has 0 saturated carbocycles. The van der Waals surface area contributed by atoms with Gasteiger partial charge in [0.25, 0.3) is 0 Å². The summed E-state index contributed by atoms with van der Waals surface area (Å²) < 4.78 is 0. The van der Waals surface area contributed by atoms with E-state index in [-0.39, 0.29) is 6.03 Å². The van der Waals surface area contributed by atoms with Crippen LogP contribution in [-0.4, -0.2) is 25.0 Å². The number of nitrogens with one attached hydrogen (secondary N) is 1. The first-order valence-corrected chi connectivity index (χ1v) is 5.68. The van der Waals surface area contributed by atoms with E-state index >= 15 is 0 Å². The van der Waals surface area contributed by atoms with E-state index in [1.807, 2.05) is 0 Å². The van der Waals surface area contributed by atoms with Crippen molar-refractivity contribution in [3.05, 3.63) is 11.8 Å². The average Bonchev–Trinajstić information content (AvgIpc) is 2.18. The average molecular weight is 210 g/mol. The van der Waals surface area contributed by atoms with E-state index in [2.05, 4.69) is 25.2 Å². The topological polar surface area (TPSA) is 32.3 Å². The summed E-state index contributed by atoms with van der Waals surface area (Å²) in [7, 11) is 3.52. The lowest BCUT2D eigenvalue weighted by molar-refractivity contribution is 0.219. The number of rotatable bonds is 2. The highest BCUT2D eigenvalue weighted by Gasteiger charge is 2.18. The van der Waals surface area contributed by atoms with Crippen molar-refractivity contribution in [3.63, 3.8) is 0 Å². The first-order valence-electron chi connectivity index (χ1n) is 5.68. The molecule has 86 valence electrons. The third-order valence-electron chi connectivity index (χ3n) is 3.07. The molecular weight excluding hydrogens is 188 g/mol. The Hall–Kier alpha value is -0.990. The Kier molecular flexibility index (Phi) is 4.18. The standard InChI is InChI=1S/C12H22N2O/c1-9(2)10-5-7-11(8-6-10)13-12(15)14(3)4/h7,9-10H,5-6,8H2,1-4H3,(H,13,15). The Bertz CT molecular complexity index is 256. The number of allylic oxidation sites excluding steroid dienone is 2. The maximum absolute atomic E-state index is 11.4. The molecular formula is C12H22N2O. The molecule has 3 heteroatoms. The fourth-order valence-corrected chi connectivity index (χ4v) is 1.82. The third kappa shape index (κ3) is 3.57. The lowest BCUT2D eigenvalue weighted by atomic mass is 9.84. The van der Waals surface area contributed by atoms with Gasteiger partial charge in [0.2, 0.25) is 0 Å². The maximum Gasteiger partial charge on any atom is 0.321 e. The zero-order valence-corrected chi connectivity index (χ0v) is 10.2. The van der Waals surface area contributed by atoms with Gasteiger partial charge in [-0.2, -0.15) is 0 Å². The van der Waals surface area contributed by atoms with E-state index in [1.165, 1.54) is 6.42 Å². The zero-order chi connectivity index (χ0) is 11.4. The van der Waals surface area contributed by atoms with Crippen LogP contribution in [0.15, 0.2) is 11.8 Å². The van der Waals surface area contributed by atoms with Gasteiger partial charge < -0.3 is 10.2 Å². The van der Waals surface area contributed by atoms with Crippen LogP contribution in [0.3, 0.4) is 0 Å². The summed E-state index contributed by atoms with van der Waals surface area (Å²) in [5.74, 6) is 1.53. The van der Waals surface area contributed by atoms with Crippen LogP contribution in [0.1, 0.15) is 33.1 Å². The van der Waals surface area contributed by atoms with Crippen LogP contribution in [-0.2, 0) is 0 Å². The van der Waals surface area contributed by atoms with Crippen LogP contribution in [0, 0.1) is 11.8 Å². The van der Waals surface area contributed by atoms with Gasteiger partial charge in [0.15, 0.2) is 0 Å². The number of urea groups is 1. The molecule has 3 nitrogen and oxygen atoms in total. The molecule has 0 aromatic carbocycles. The van der Waals surface area contributed by atoms with Gasteiger partial charge in [0.1, 0.15) is 0 Å². The first kappa shape index (κ1) is 12.1. The number of carbonyl (C=O) groups excluding carboxylic acids is 1. The van der Waals surface area contributed by atoms with E-state index in [1.54, 1.807) is 19.0 Å². The van der Waals surface area contributed by atoms with Crippen molar-refractivity contribution in [2.45, 2.75) is 33.1 Å². The lowest BCUT2D eigenvalue weighted by Gasteiger charge is -2.25. The van der Waals surface area contributed by atoms with Gasteiger partial charge in [-0.3, -0.25) is 0 Å². The zero-order valence-electron chi connectivity index (χ0n) is 10.2. The van der Waals surface area contributed by atoms with Crippen LogP contribution in [0.25, 0.3) is 0 Å². The molecule has 0 aromatic rings. The minimum Gasteiger partial charge on any atom is -0.331 e. The van der Waals surface area contributed by atoms with E-state index in [0.29, 0.717) is 0 Å².